The maximum atomic E-state index is 5.10. The Balaban J connectivity index is 2.02. The molecule has 2 aromatic heterocycles. The van der Waals surface area contributed by atoms with Gasteiger partial charge in [-0.05, 0) is 20.8 Å². The number of anilines is 1. The molecule has 0 unspecified atom stereocenters. The van der Waals surface area contributed by atoms with Gasteiger partial charge in [-0.25, -0.2) is 0 Å². The van der Waals surface area contributed by atoms with Crippen LogP contribution in [0.5, 0.6) is 0 Å². The third-order valence-corrected chi connectivity index (χ3v) is 2.61. The van der Waals surface area contributed by atoms with E-state index in [1.807, 2.05) is 30.9 Å². The number of hydrogen-bond donors (Lipinski definition) is 1. The molecule has 2 aromatic rings. The molecule has 0 amide bonds. The van der Waals surface area contributed by atoms with E-state index in [4.69, 9.17) is 4.52 Å². The fourth-order valence-electron chi connectivity index (χ4n) is 1.57. The van der Waals surface area contributed by atoms with Gasteiger partial charge in [-0.15, -0.1) is 0 Å². The summed E-state index contributed by atoms with van der Waals surface area (Å²) in [6.45, 7) is 7.53. The molecule has 0 fully saturated rings. The van der Waals surface area contributed by atoms with E-state index in [-0.39, 0.29) is 0 Å². The highest BCUT2D eigenvalue weighted by molar-refractivity contribution is 5.39. The molecule has 5 nitrogen and oxygen atoms in total. The molecule has 0 bridgehead atoms. The Morgan fingerprint density at radius 2 is 2.25 bits per heavy atom. The average molecular weight is 220 g/mol. The van der Waals surface area contributed by atoms with Gasteiger partial charge in [0.1, 0.15) is 5.76 Å². The molecule has 0 aliphatic carbocycles. The van der Waals surface area contributed by atoms with Gasteiger partial charge in [0, 0.05) is 24.8 Å². The molecule has 0 aliphatic rings. The second kappa shape index (κ2) is 4.38. The van der Waals surface area contributed by atoms with Crippen LogP contribution in [0.4, 0.5) is 5.69 Å². The molecule has 5 heteroatoms. The highest BCUT2D eigenvalue weighted by Gasteiger charge is 2.08. The molecule has 0 atom stereocenters. The third-order valence-electron chi connectivity index (χ3n) is 2.61. The fourth-order valence-corrected chi connectivity index (χ4v) is 1.57. The average Bonchev–Trinajstić information content (AvgIpc) is 2.85. The van der Waals surface area contributed by atoms with Gasteiger partial charge in [0.05, 0.1) is 17.6 Å². The highest BCUT2D eigenvalue weighted by atomic mass is 16.5. The Kier molecular flexibility index (Phi) is 2.94. The van der Waals surface area contributed by atoms with Gasteiger partial charge in [-0.1, -0.05) is 5.16 Å². The Hall–Kier alpha value is -1.78. The molecule has 0 spiro atoms. The summed E-state index contributed by atoms with van der Waals surface area (Å²) in [6, 6.07) is 0. The number of aryl methyl sites for hydroxylation is 3. The van der Waals surface area contributed by atoms with Crippen molar-refractivity contribution in [1.29, 1.82) is 0 Å². The first-order valence-electron chi connectivity index (χ1n) is 5.38. The molecule has 0 radical (unpaired) electrons. The van der Waals surface area contributed by atoms with Gasteiger partial charge < -0.3 is 9.84 Å². The second-order valence-electron chi connectivity index (χ2n) is 3.74. The molecule has 0 aliphatic heterocycles. The van der Waals surface area contributed by atoms with E-state index in [1.165, 1.54) is 0 Å². The fraction of sp³-hybridized carbons (Fsp3) is 0.455. The zero-order chi connectivity index (χ0) is 11.5. The number of aromatic nitrogens is 3. The van der Waals surface area contributed by atoms with Crippen LogP contribution in [0, 0.1) is 13.8 Å². The minimum Gasteiger partial charge on any atom is -0.378 e. The summed E-state index contributed by atoms with van der Waals surface area (Å²) in [5.41, 5.74) is 3.07. The van der Waals surface area contributed by atoms with Gasteiger partial charge in [0.2, 0.25) is 0 Å². The van der Waals surface area contributed by atoms with E-state index < -0.39 is 0 Å². The normalized spacial score (nSPS) is 10.7. The first-order valence-corrected chi connectivity index (χ1v) is 5.38. The molecule has 16 heavy (non-hydrogen) atoms. The SMILES string of the molecule is CCn1cc(NCc2c(C)noc2C)cn1. The Morgan fingerprint density at radius 3 is 2.81 bits per heavy atom. The summed E-state index contributed by atoms with van der Waals surface area (Å²) < 4.78 is 6.98. The number of nitrogens with one attached hydrogen (secondary N) is 1. The van der Waals surface area contributed by atoms with Crippen molar-refractivity contribution in [1.82, 2.24) is 14.9 Å². The first kappa shape index (κ1) is 10.7. The lowest BCUT2D eigenvalue weighted by molar-refractivity contribution is 0.392. The summed E-state index contributed by atoms with van der Waals surface area (Å²) in [4.78, 5) is 0. The Bertz CT molecular complexity index is 453. The standard InChI is InChI=1S/C11H16N4O/c1-4-15-7-10(5-13-15)12-6-11-8(2)14-16-9(11)3/h5,7,12H,4,6H2,1-3H3. The maximum Gasteiger partial charge on any atom is 0.138 e. The van der Waals surface area contributed by atoms with Crippen molar-refractivity contribution in [2.24, 2.45) is 0 Å². The van der Waals surface area contributed by atoms with E-state index in [1.54, 1.807) is 0 Å². The second-order valence-corrected chi connectivity index (χ2v) is 3.74. The highest BCUT2D eigenvalue weighted by Crippen LogP contribution is 2.14. The van der Waals surface area contributed by atoms with Gasteiger partial charge in [-0.3, -0.25) is 4.68 Å². The van der Waals surface area contributed by atoms with Crippen LogP contribution >= 0.6 is 0 Å². The lowest BCUT2D eigenvalue weighted by Crippen LogP contribution is -2.00. The van der Waals surface area contributed by atoms with Gasteiger partial charge in [0.15, 0.2) is 0 Å². The van der Waals surface area contributed by atoms with Crippen molar-refractivity contribution in [3.05, 3.63) is 29.4 Å². The van der Waals surface area contributed by atoms with Crippen LogP contribution in [0.3, 0.4) is 0 Å². The number of nitrogens with zero attached hydrogens (tertiary/aromatic N) is 3. The van der Waals surface area contributed by atoms with Crippen molar-refractivity contribution in [3.8, 4) is 0 Å². The monoisotopic (exact) mass is 220 g/mol. The van der Waals surface area contributed by atoms with E-state index in [9.17, 15) is 0 Å². The first-order chi connectivity index (χ1) is 7.70. The van der Waals surface area contributed by atoms with Crippen molar-refractivity contribution >= 4 is 5.69 Å². The quantitative estimate of drug-likeness (QED) is 0.857. The molecule has 1 N–H and O–H groups in total. The zero-order valence-electron chi connectivity index (χ0n) is 9.82. The van der Waals surface area contributed by atoms with Crippen molar-refractivity contribution < 1.29 is 4.52 Å². The minimum absolute atomic E-state index is 0.719. The van der Waals surface area contributed by atoms with Crippen molar-refractivity contribution in [2.45, 2.75) is 33.9 Å². The molecule has 2 heterocycles. The zero-order valence-corrected chi connectivity index (χ0v) is 9.82. The third kappa shape index (κ3) is 2.08. The van der Waals surface area contributed by atoms with Gasteiger partial charge >= 0.3 is 0 Å². The predicted molar refractivity (Wildman–Crippen MR) is 61.2 cm³/mol. The predicted octanol–water partition coefficient (Wildman–Crippen LogP) is 2.12. The Morgan fingerprint density at radius 1 is 1.44 bits per heavy atom. The van der Waals surface area contributed by atoms with Gasteiger partial charge in [-0.2, -0.15) is 5.10 Å². The summed E-state index contributed by atoms with van der Waals surface area (Å²) in [7, 11) is 0. The van der Waals surface area contributed by atoms with Crippen LogP contribution in [-0.4, -0.2) is 14.9 Å². The lowest BCUT2D eigenvalue weighted by Gasteiger charge is -2.02. The maximum absolute atomic E-state index is 5.10. The topological polar surface area (TPSA) is 55.9 Å². The van der Waals surface area contributed by atoms with E-state index >= 15 is 0 Å². The molecule has 0 aromatic carbocycles. The van der Waals surface area contributed by atoms with Crippen LogP contribution in [-0.2, 0) is 13.1 Å². The van der Waals surface area contributed by atoms with E-state index in [0.29, 0.717) is 0 Å². The molecular formula is C11H16N4O. The largest absolute Gasteiger partial charge is 0.378 e. The van der Waals surface area contributed by atoms with E-state index in [0.717, 1.165) is 35.8 Å². The Labute approximate surface area is 94.4 Å². The number of rotatable bonds is 4. The molecule has 0 saturated heterocycles. The summed E-state index contributed by atoms with van der Waals surface area (Å²) >= 11 is 0. The molecular weight excluding hydrogens is 204 g/mol. The molecule has 86 valence electrons. The number of hydrogen-bond acceptors (Lipinski definition) is 4. The van der Waals surface area contributed by atoms with Crippen LogP contribution in [0.25, 0.3) is 0 Å². The molecule has 0 saturated carbocycles. The van der Waals surface area contributed by atoms with Crippen LogP contribution in [0.15, 0.2) is 16.9 Å². The van der Waals surface area contributed by atoms with Crippen LogP contribution in [0.2, 0.25) is 0 Å². The van der Waals surface area contributed by atoms with E-state index in [2.05, 4.69) is 22.5 Å². The van der Waals surface area contributed by atoms with Crippen LogP contribution < -0.4 is 5.32 Å². The summed E-state index contributed by atoms with van der Waals surface area (Å²) in [6.07, 6.45) is 3.81. The minimum atomic E-state index is 0.719. The smallest absolute Gasteiger partial charge is 0.138 e. The molecule has 2 rings (SSSR count). The summed E-state index contributed by atoms with van der Waals surface area (Å²) in [5.74, 6) is 0.868. The van der Waals surface area contributed by atoms with Gasteiger partial charge in [0.25, 0.3) is 0 Å². The van der Waals surface area contributed by atoms with Crippen LogP contribution in [0.1, 0.15) is 23.9 Å². The lowest BCUT2D eigenvalue weighted by atomic mass is 10.2. The van der Waals surface area contributed by atoms with Crippen molar-refractivity contribution in [2.75, 3.05) is 5.32 Å². The van der Waals surface area contributed by atoms with Crippen molar-refractivity contribution in [3.63, 3.8) is 0 Å². The summed E-state index contributed by atoms with van der Waals surface area (Å²) in [5, 5.41) is 11.4.